The van der Waals surface area contributed by atoms with Crippen LogP contribution in [0.15, 0.2) is 59.4 Å². The van der Waals surface area contributed by atoms with Gasteiger partial charge in [-0.25, -0.2) is 4.98 Å². The Morgan fingerprint density at radius 3 is 2.64 bits per heavy atom. The minimum atomic E-state index is -0.556. The smallest absolute Gasteiger partial charge is 0.260 e. The molecular weight excluding hydrogens is 278 g/mol. The zero-order valence-corrected chi connectivity index (χ0v) is 12.0. The third kappa shape index (κ3) is 3.32. The highest BCUT2D eigenvalue weighted by Gasteiger charge is 2.07. The fraction of sp³-hybridized carbons (Fsp3) is 0.176. The van der Waals surface area contributed by atoms with E-state index in [0.29, 0.717) is 29.8 Å². The molecule has 0 fully saturated rings. The normalized spacial score (nSPS) is 12.2. The van der Waals surface area contributed by atoms with E-state index in [1.807, 2.05) is 36.4 Å². The number of aliphatic hydroxyl groups excluding tert-OH is 1. The summed E-state index contributed by atoms with van der Waals surface area (Å²) in [6.07, 6.45) is -0.00905. The van der Waals surface area contributed by atoms with Crippen LogP contribution in [0.1, 0.15) is 5.56 Å². The van der Waals surface area contributed by atoms with Gasteiger partial charge in [-0.15, -0.1) is 0 Å². The molecule has 0 aliphatic rings. The van der Waals surface area contributed by atoms with Gasteiger partial charge < -0.3 is 10.4 Å². The van der Waals surface area contributed by atoms with Gasteiger partial charge in [0.25, 0.3) is 5.56 Å². The van der Waals surface area contributed by atoms with E-state index in [1.165, 1.54) is 0 Å². The van der Waals surface area contributed by atoms with E-state index in [2.05, 4.69) is 15.3 Å². The number of fused-ring (bicyclic) bond motifs is 1. The Morgan fingerprint density at radius 2 is 1.82 bits per heavy atom. The monoisotopic (exact) mass is 295 g/mol. The lowest BCUT2D eigenvalue weighted by Gasteiger charge is -2.12. The number of H-pyrrole nitrogens is 1. The molecule has 22 heavy (non-hydrogen) atoms. The van der Waals surface area contributed by atoms with Gasteiger partial charge in [-0.3, -0.25) is 9.78 Å². The molecule has 2 aromatic carbocycles. The van der Waals surface area contributed by atoms with Crippen LogP contribution in [0.4, 0.5) is 5.95 Å². The zero-order valence-electron chi connectivity index (χ0n) is 12.0. The number of aromatic nitrogens is 2. The maximum Gasteiger partial charge on any atom is 0.260 e. The van der Waals surface area contributed by atoms with Crippen LogP contribution < -0.4 is 10.9 Å². The van der Waals surface area contributed by atoms with Gasteiger partial charge in [-0.05, 0) is 17.7 Å². The number of nitrogens with one attached hydrogen (secondary N) is 2. The van der Waals surface area contributed by atoms with Crippen molar-refractivity contribution < 1.29 is 5.11 Å². The topological polar surface area (TPSA) is 78.0 Å². The van der Waals surface area contributed by atoms with Crippen LogP contribution in [-0.4, -0.2) is 27.7 Å². The predicted octanol–water partition coefficient (Wildman–Crippen LogP) is 1.94. The molecule has 0 radical (unpaired) electrons. The summed E-state index contributed by atoms with van der Waals surface area (Å²) >= 11 is 0. The molecule has 0 bridgehead atoms. The van der Waals surface area contributed by atoms with Crippen LogP contribution in [0.3, 0.4) is 0 Å². The van der Waals surface area contributed by atoms with Gasteiger partial charge in [0.15, 0.2) is 0 Å². The molecule has 1 aromatic heterocycles. The summed E-state index contributed by atoms with van der Waals surface area (Å²) < 4.78 is 0. The minimum Gasteiger partial charge on any atom is -0.391 e. The van der Waals surface area contributed by atoms with Gasteiger partial charge in [0, 0.05) is 13.0 Å². The highest BCUT2D eigenvalue weighted by atomic mass is 16.3. The molecular formula is C17H17N3O2. The summed E-state index contributed by atoms with van der Waals surface area (Å²) in [6.45, 7) is 0.316. The molecule has 0 saturated carbocycles. The second kappa shape index (κ2) is 6.41. The molecule has 0 amide bonds. The average Bonchev–Trinajstić information content (AvgIpc) is 2.54. The molecule has 0 aliphatic heterocycles. The fourth-order valence-corrected chi connectivity index (χ4v) is 2.34. The van der Waals surface area contributed by atoms with Crippen LogP contribution in [0.2, 0.25) is 0 Å². The summed E-state index contributed by atoms with van der Waals surface area (Å²) in [5.41, 5.74) is 1.51. The van der Waals surface area contributed by atoms with E-state index in [-0.39, 0.29) is 5.56 Å². The Kier molecular flexibility index (Phi) is 4.16. The van der Waals surface area contributed by atoms with Crippen molar-refractivity contribution in [1.29, 1.82) is 0 Å². The van der Waals surface area contributed by atoms with Crippen molar-refractivity contribution in [2.75, 3.05) is 11.9 Å². The summed E-state index contributed by atoms with van der Waals surface area (Å²) in [6, 6.07) is 16.9. The molecule has 5 nitrogen and oxygen atoms in total. The summed E-state index contributed by atoms with van der Waals surface area (Å²) in [4.78, 5) is 19.0. The second-order valence-electron chi connectivity index (χ2n) is 5.16. The van der Waals surface area contributed by atoms with Crippen molar-refractivity contribution in [2.24, 2.45) is 0 Å². The van der Waals surface area contributed by atoms with Crippen molar-refractivity contribution in [2.45, 2.75) is 12.5 Å². The number of hydrogen-bond acceptors (Lipinski definition) is 4. The first-order chi connectivity index (χ1) is 10.7. The van der Waals surface area contributed by atoms with E-state index >= 15 is 0 Å². The van der Waals surface area contributed by atoms with Gasteiger partial charge in [-0.2, -0.15) is 0 Å². The lowest BCUT2D eigenvalue weighted by molar-refractivity contribution is 0.188. The number of nitrogens with zero attached hydrogens (tertiary/aromatic N) is 1. The first-order valence-corrected chi connectivity index (χ1v) is 7.17. The summed E-state index contributed by atoms with van der Waals surface area (Å²) in [7, 11) is 0. The SMILES string of the molecule is O=c1[nH]c(NCC(O)Cc2ccccc2)nc2ccccc12. The lowest BCUT2D eigenvalue weighted by Crippen LogP contribution is -2.24. The Bertz CT molecular complexity index is 815. The molecule has 1 atom stereocenters. The van der Waals surface area contributed by atoms with E-state index in [0.717, 1.165) is 5.56 Å². The first-order valence-electron chi connectivity index (χ1n) is 7.17. The number of para-hydroxylation sites is 1. The highest BCUT2D eigenvalue weighted by molar-refractivity contribution is 5.78. The van der Waals surface area contributed by atoms with Crippen LogP contribution in [0, 0.1) is 0 Å². The number of anilines is 1. The molecule has 0 aliphatic carbocycles. The summed E-state index contributed by atoms with van der Waals surface area (Å²) in [5, 5.41) is 13.6. The number of aliphatic hydroxyl groups is 1. The van der Waals surface area contributed by atoms with Crippen molar-refractivity contribution >= 4 is 16.9 Å². The first kappa shape index (κ1) is 14.3. The maximum absolute atomic E-state index is 11.9. The van der Waals surface area contributed by atoms with Gasteiger partial charge in [0.2, 0.25) is 5.95 Å². The van der Waals surface area contributed by atoms with Crippen molar-refractivity contribution in [1.82, 2.24) is 9.97 Å². The summed E-state index contributed by atoms with van der Waals surface area (Å²) in [5.74, 6) is 0.371. The van der Waals surface area contributed by atoms with Crippen molar-refractivity contribution in [3.63, 3.8) is 0 Å². The fourth-order valence-electron chi connectivity index (χ4n) is 2.34. The Balaban J connectivity index is 1.67. The molecule has 0 spiro atoms. The largest absolute Gasteiger partial charge is 0.391 e. The van der Waals surface area contributed by atoms with Gasteiger partial charge in [0.1, 0.15) is 0 Å². The van der Waals surface area contributed by atoms with E-state index in [4.69, 9.17) is 0 Å². The van der Waals surface area contributed by atoms with Gasteiger partial charge in [0.05, 0.1) is 17.0 Å². The van der Waals surface area contributed by atoms with Crippen LogP contribution in [-0.2, 0) is 6.42 Å². The maximum atomic E-state index is 11.9. The number of hydrogen-bond donors (Lipinski definition) is 3. The Morgan fingerprint density at radius 1 is 1.09 bits per heavy atom. The molecule has 1 unspecified atom stereocenters. The molecule has 0 saturated heterocycles. The number of benzene rings is 2. The molecule has 3 rings (SSSR count). The van der Waals surface area contributed by atoms with Crippen molar-refractivity contribution in [3.05, 3.63) is 70.5 Å². The standard InChI is InChI=1S/C17H17N3O2/c21-13(10-12-6-2-1-3-7-12)11-18-17-19-15-9-5-4-8-14(15)16(22)20-17/h1-9,13,21H,10-11H2,(H2,18,19,20,22). The molecule has 5 heteroatoms. The third-order valence-corrected chi connectivity index (χ3v) is 3.43. The zero-order chi connectivity index (χ0) is 15.4. The van der Waals surface area contributed by atoms with Crippen LogP contribution in [0.25, 0.3) is 10.9 Å². The number of rotatable bonds is 5. The van der Waals surface area contributed by atoms with E-state index < -0.39 is 6.10 Å². The second-order valence-corrected chi connectivity index (χ2v) is 5.16. The quantitative estimate of drug-likeness (QED) is 0.672. The van der Waals surface area contributed by atoms with Crippen LogP contribution >= 0.6 is 0 Å². The van der Waals surface area contributed by atoms with Crippen molar-refractivity contribution in [3.8, 4) is 0 Å². The predicted molar refractivity (Wildman–Crippen MR) is 87.0 cm³/mol. The third-order valence-electron chi connectivity index (χ3n) is 3.43. The van der Waals surface area contributed by atoms with Gasteiger partial charge in [-0.1, -0.05) is 42.5 Å². The van der Waals surface area contributed by atoms with Crippen LogP contribution in [0.5, 0.6) is 0 Å². The average molecular weight is 295 g/mol. The lowest BCUT2D eigenvalue weighted by atomic mass is 10.1. The number of aromatic amines is 1. The van der Waals surface area contributed by atoms with E-state index in [9.17, 15) is 9.90 Å². The molecule has 3 aromatic rings. The van der Waals surface area contributed by atoms with E-state index in [1.54, 1.807) is 18.2 Å². The molecule has 112 valence electrons. The molecule has 3 N–H and O–H groups in total. The minimum absolute atomic E-state index is 0.189. The highest BCUT2D eigenvalue weighted by Crippen LogP contribution is 2.08. The Hall–Kier alpha value is -2.66. The molecule has 1 heterocycles. The van der Waals surface area contributed by atoms with Gasteiger partial charge >= 0.3 is 0 Å². The Labute approximate surface area is 127 Å².